The number of nitrogens with one attached hydrogen (secondary N) is 3. The second-order valence-electron chi connectivity index (χ2n) is 6.40. The summed E-state index contributed by atoms with van der Waals surface area (Å²) in [4.78, 5) is 12.4. The highest BCUT2D eigenvalue weighted by molar-refractivity contribution is 9.10. The summed E-state index contributed by atoms with van der Waals surface area (Å²) >= 11 is 8.48. The van der Waals surface area contributed by atoms with Crippen LogP contribution >= 0.6 is 28.1 Å². The van der Waals surface area contributed by atoms with Crippen molar-refractivity contribution in [2.75, 3.05) is 18.5 Å². The number of hydrogen-bond acceptors (Lipinski definition) is 5. The Morgan fingerprint density at radius 3 is 2.55 bits per heavy atom. The lowest BCUT2D eigenvalue weighted by Gasteiger charge is -2.13. The van der Waals surface area contributed by atoms with Gasteiger partial charge in [0.15, 0.2) is 5.11 Å². The Bertz CT molecular complexity index is 991. The Morgan fingerprint density at radius 1 is 1.17 bits per heavy atom. The van der Waals surface area contributed by atoms with Crippen molar-refractivity contribution in [1.29, 1.82) is 0 Å². The van der Waals surface area contributed by atoms with Crippen LogP contribution in [-0.4, -0.2) is 38.7 Å². The van der Waals surface area contributed by atoms with Crippen molar-refractivity contribution in [3.05, 3.63) is 58.6 Å². The first-order valence-electron chi connectivity index (χ1n) is 8.93. The smallest absolute Gasteiger partial charge is 0.258 e. The first-order valence-corrected chi connectivity index (χ1v) is 11.6. The van der Waals surface area contributed by atoms with Gasteiger partial charge in [0.2, 0.25) is 10.0 Å². The number of carbonyl (C=O) groups excluding carboxylic acids is 1. The summed E-state index contributed by atoms with van der Waals surface area (Å²) in [6.45, 7) is 0.929. The van der Waals surface area contributed by atoms with Crippen LogP contribution < -0.4 is 15.4 Å². The van der Waals surface area contributed by atoms with Crippen LogP contribution in [0.25, 0.3) is 0 Å². The predicted molar refractivity (Wildman–Crippen MR) is 118 cm³/mol. The molecule has 1 fully saturated rings. The molecule has 2 aromatic carbocycles. The predicted octanol–water partition coefficient (Wildman–Crippen LogP) is 3.03. The van der Waals surface area contributed by atoms with Gasteiger partial charge in [-0.05, 0) is 77.4 Å². The van der Waals surface area contributed by atoms with Gasteiger partial charge in [0.25, 0.3) is 5.91 Å². The molecule has 1 amide bonds. The molecule has 0 bridgehead atoms. The molecule has 1 atom stereocenters. The molecule has 10 heteroatoms. The van der Waals surface area contributed by atoms with Gasteiger partial charge in [-0.15, -0.1) is 0 Å². The van der Waals surface area contributed by atoms with E-state index < -0.39 is 10.0 Å². The first-order chi connectivity index (χ1) is 13.8. The van der Waals surface area contributed by atoms with E-state index in [0.717, 1.165) is 12.8 Å². The third-order valence-corrected chi connectivity index (χ3v) is 6.63. The van der Waals surface area contributed by atoms with E-state index in [0.29, 0.717) is 22.3 Å². The Balaban J connectivity index is 1.56. The Hall–Kier alpha value is -1.85. The molecule has 0 spiro atoms. The van der Waals surface area contributed by atoms with Crippen LogP contribution in [0.3, 0.4) is 0 Å². The van der Waals surface area contributed by atoms with E-state index >= 15 is 0 Å². The molecule has 2 aromatic rings. The van der Waals surface area contributed by atoms with E-state index in [4.69, 9.17) is 17.0 Å². The number of rotatable bonds is 6. The maximum atomic E-state index is 12.4. The second-order valence-corrected chi connectivity index (χ2v) is 9.43. The maximum absolute atomic E-state index is 12.4. The second kappa shape index (κ2) is 9.77. The highest BCUT2D eigenvalue weighted by atomic mass is 79.9. The van der Waals surface area contributed by atoms with Crippen LogP contribution in [0, 0.1) is 0 Å². The molecule has 1 heterocycles. The van der Waals surface area contributed by atoms with Gasteiger partial charge >= 0.3 is 0 Å². The van der Waals surface area contributed by atoms with Gasteiger partial charge in [-0.2, -0.15) is 0 Å². The topological polar surface area (TPSA) is 96.5 Å². The molecule has 0 aliphatic carbocycles. The highest BCUT2D eigenvalue weighted by Gasteiger charge is 2.20. The van der Waals surface area contributed by atoms with Gasteiger partial charge in [-0.1, -0.05) is 12.1 Å². The number of thiocarbonyl (C=S) groups is 1. The minimum atomic E-state index is -3.62. The summed E-state index contributed by atoms with van der Waals surface area (Å²) in [7, 11) is -3.62. The summed E-state index contributed by atoms with van der Waals surface area (Å²) in [6, 6.07) is 13.1. The number of halogens is 1. The molecule has 0 aromatic heterocycles. The fraction of sp³-hybridized carbons (Fsp3) is 0.263. The van der Waals surface area contributed by atoms with E-state index in [2.05, 4.69) is 31.3 Å². The molecule has 154 valence electrons. The monoisotopic (exact) mass is 497 g/mol. The molecular formula is C19H20BrN3O4S2. The summed E-state index contributed by atoms with van der Waals surface area (Å²) < 4.78 is 33.4. The molecule has 0 saturated carbocycles. The molecule has 29 heavy (non-hydrogen) atoms. The molecule has 3 rings (SSSR count). The quantitative estimate of drug-likeness (QED) is 0.530. The van der Waals surface area contributed by atoms with Crippen molar-refractivity contribution in [3.8, 4) is 0 Å². The van der Waals surface area contributed by atoms with Gasteiger partial charge in [0, 0.05) is 23.3 Å². The van der Waals surface area contributed by atoms with Crippen molar-refractivity contribution in [2.45, 2.75) is 23.8 Å². The summed E-state index contributed by atoms with van der Waals surface area (Å²) in [5, 5.41) is 5.56. The van der Waals surface area contributed by atoms with Crippen LogP contribution in [0.2, 0.25) is 0 Å². The van der Waals surface area contributed by atoms with Crippen molar-refractivity contribution in [3.63, 3.8) is 0 Å². The molecule has 1 saturated heterocycles. The van der Waals surface area contributed by atoms with E-state index in [1.165, 1.54) is 12.1 Å². The molecule has 1 aliphatic heterocycles. The molecule has 1 aliphatic rings. The van der Waals surface area contributed by atoms with E-state index in [1.54, 1.807) is 30.3 Å². The van der Waals surface area contributed by atoms with Crippen molar-refractivity contribution < 1.29 is 17.9 Å². The zero-order chi connectivity index (χ0) is 20.9. The SMILES string of the molecule is O=C(NC(=S)Nc1ccc(S(=O)(=O)NCC2CCCO2)cc1)c1ccccc1Br. The average molecular weight is 498 g/mol. The molecular weight excluding hydrogens is 478 g/mol. The fourth-order valence-corrected chi connectivity index (χ4v) is 4.53. The van der Waals surface area contributed by atoms with Crippen LogP contribution in [-0.2, 0) is 14.8 Å². The lowest BCUT2D eigenvalue weighted by molar-refractivity contribution is 0.0977. The van der Waals surface area contributed by atoms with Crippen LogP contribution in [0.4, 0.5) is 5.69 Å². The fourth-order valence-electron chi connectivity index (χ4n) is 2.79. The Morgan fingerprint density at radius 2 is 1.90 bits per heavy atom. The average Bonchev–Trinajstić information content (AvgIpc) is 3.21. The van der Waals surface area contributed by atoms with Gasteiger partial charge in [0.1, 0.15) is 0 Å². The molecule has 1 unspecified atom stereocenters. The highest BCUT2D eigenvalue weighted by Crippen LogP contribution is 2.17. The standard InChI is InChI=1S/C19H20BrN3O4S2/c20-17-6-2-1-5-16(17)18(24)23-19(28)22-13-7-9-15(10-8-13)29(25,26)21-12-14-4-3-11-27-14/h1-2,5-10,14,21H,3-4,11-12H2,(H2,22,23,24,28). The van der Waals surface area contributed by atoms with Crippen LogP contribution in [0.1, 0.15) is 23.2 Å². The summed E-state index contributed by atoms with van der Waals surface area (Å²) in [6.07, 6.45) is 1.73. The number of sulfonamides is 1. The van der Waals surface area contributed by atoms with Crippen molar-refractivity contribution >= 4 is 54.9 Å². The van der Waals surface area contributed by atoms with E-state index in [1.807, 2.05) is 6.07 Å². The number of amides is 1. The third-order valence-electron chi connectivity index (χ3n) is 4.29. The number of hydrogen-bond donors (Lipinski definition) is 3. The van der Waals surface area contributed by atoms with E-state index in [9.17, 15) is 13.2 Å². The number of ether oxygens (including phenoxy) is 1. The van der Waals surface area contributed by atoms with Gasteiger partial charge in [-0.25, -0.2) is 13.1 Å². The lowest BCUT2D eigenvalue weighted by Crippen LogP contribution is -2.34. The third kappa shape index (κ3) is 6.06. The lowest BCUT2D eigenvalue weighted by atomic mass is 10.2. The van der Waals surface area contributed by atoms with Gasteiger partial charge in [0.05, 0.1) is 16.6 Å². The van der Waals surface area contributed by atoms with Crippen molar-refractivity contribution in [1.82, 2.24) is 10.0 Å². The summed E-state index contributed by atoms with van der Waals surface area (Å²) in [5.74, 6) is -0.354. The first kappa shape index (κ1) is 21.8. The normalized spacial score (nSPS) is 16.4. The Kier molecular flexibility index (Phi) is 7.36. The largest absolute Gasteiger partial charge is 0.377 e. The molecule has 0 radical (unpaired) electrons. The Labute approximate surface area is 183 Å². The molecule has 7 nitrogen and oxygen atoms in total. The zero-order valence-electron chi connectivity index (χ0n) is 15.4. The zero-order valence-corrected chi connectivity index (χ0v) is 18.6. The number of benzene rings is 2. The molecule has 3 N–H and O–H groups in total. The summed E-state index contributed by atoms with van der Waals surface area (Å²) in [5.41, 5.74) is 1.01. The van der Waals surface area contributed by atoms with E-state index in [-0.39, 0.29) is 28.6 Å². The number of carbonyl (C=O) groups is 1. The van der Waals surface area contributed by atoms with Crippen LogP contribution in [0.5, 0.6) is 0 Å². The number of anilines is 1. The minimum absolute atomic E-state index is 0.0728. The van der Waals surface area contributed by atoms with Crippen molar-refractivity contribution in [2.24, 2.45) is 0 Å². The minimum Gasteiger partial charge on any atom is -0.377 e. The van der Waals surface area contributed by atoms with Crippen LogP contribution in [0.15, 0.2) is 57.9 Å². The van der Waals surface area contributed by atoms with Gasteiger partial charge in [-0.3, -0.25) is 10.1 Å². The maximum Gasteiger partial charge on any atom is 0.258 e. The van der Waals surface area contributed by atoms with Gasteiger partial charge < -0.3 is 10.1 Å².